The van der Waals surface area contributed by atoms with Crippen molar-refractivity contribution in [1.29, 1.82) is 0 Å². The molecular weight excluding hydrogens is 775 g/mol. The van der Waals surface area contributed by atoms with Gasteiger partial charge < -0.3 is 29.6 Å². The molecule has 16 nitrogen and oxygen atoms in total. The smallest absolute Gasteiger partial charge is 0.338 e. The quantitative estimate of drug-likeness (QED) is 0.0258. The molecule has 294 valence electrons. The summed E-state index contributed by atoms with van der Waals surface area (Å²) in [5, 5.41) is 16.0. The number of halogens is 6. The van der Waals surface area contributed by atoms with E-state index in [4.69, 9.17) is 41.1 Å². The van der Waals surface area contributed by atoms with Gasteiger partial charge in [-0.25, -0.2) is 31.4 Å². The molecule has 0 spiro atoms. The average molecular weight is 805 g/mol. The molecular formula is C34H30ClF5N10O6. The number of hydrogen-bond acceptors (Lipinski definition) is 12. The second-order valence-corrected chi connectivity index (χ2v) is 11.8. The predicted octanol–water partition coefficient (Wildman–Crippen LogP) is 5.16. The van der Waals surface area contributed by atoms with Gasteiger partial charge in [0.2, 0.25) is 0 Å². The van der Waals surface area contributed by atoms with Gasteiger partial charge in [-0.05, 0) is 29.8 Å². The first-order valence-corrected chi connectivity index (χ1v) is 16.7. The number of nitrogens with one attached hydrogen (secondary N) is 2. The van der Waals surface area contributed by atoms with Crippen molar-refractivity contribution in [2.75, 3.05) is 46.7 Å². The van der Waals surface area contributed by atoms with Gasteiger partial charge in [-0.3, -0.25) is 14.8 Å². The van der Waals surface area contributed by atoms with Crippen LogP contribution >= 0.6 is 11.6 Å². The molecule has 1 aliphatic rings. The van der Waals surface area contributed by atoms with Crippen molar-refractivity contribution in [3.63, 3.8) is 0 Å². The summed E-state index contributed by atoms with van der Waals surface area (Å²) in [6.07, 6.45) is 4.79. The third kappa shape index (κ3) is 10.00. The largest absolute Gasteiger partial charge is 0.466 e. The second kappa shape index (κ2) is 19.6. The first-order valence-electron chi connectivity index (χ1n) is 16.4. The van der Waals surface area contributed by atoms with Crippen molar-refractivity contribution < 1.29 is 50.5 Å². The molecule has 0 saturated carbocycles. The number of carbonyl (C=O) groups is 2. The van der Waals surface area contributed by atoms with Crippen LogP contribution in [0, 0.1) is 29.1 Å². The number of aliphatic imine (C=N–C) groups is 1. The number of nitrogens with zero attached hydrogens (tertiary/aromatic N) is 8. The van der Waals surface area contributed by atoms with Gasteiger partial charge in [0.1, 0.15) is 34.6 Å². The average Bonchev–Trinajstić information content (AvgIpc) is 3.65. The van der Waals surface area contributed by atoms with Crippen molar-refractivity contribution in [2.24, 2.45) is 10.1 Å². The predicted molar refractivity (Wildman–Crippen MR) is 186 cm³/mol. The number of amides is 1. The van der Waals surface area contributed by atoms with Crippen LogP contribution in [0.2, 0.25) is 5.02 Å². The summed E-state index contributed by atoms with van der Waals surface area (Å²) in [6, 6.07) is 6.28. The molecule has 1 atom stereocenters. The van der Waals surface area contributed by atoms with Crippen LogP contribution in [-0.2, 0) is 36.9 Å². The lowest BCUT2D eigenvalue weighted by Crippen LogP contribution is -2.35. The Bertz CT molecular complexity index is 2160. The van der Waals surface area contributed by atoms with Gasteiger partial charge in [-0.2, -0.15) is 0 Å². The molecule has 56 heavy (non-hydrogen) atoms. The molecule has 0 saturated heterocycles. The lowest BCUT2D eigenvalue weighted by molar-refractivity contribution is -0.136. The Morgan fingerprint density at radius 2 is 1.70 bits per heavy atom. The van der Waals surface area contributed by atoms with Gasteiger partial charge in [0.25, 0.3) is 5.91 Å². The zero-order valence-electron chi connectivity index (χ0n) is 29.1. The van der Waals surface area contributed by atoms with Crippen LogP contribution in [0.1, 0.15) is 33.2 Å². The summed E-state index contributed by atoms with van der Waals surface area (Å²) >= 11 is 6.40. The van der Waals surface area contributed by atoms with Gasteiger partial charge in [0.05, 0.1) is 70.8 Å². The van der Waals surface area contributed by atoms with Crippen molar-refractivity contribution in [1.82, 2.24) is 30.6 Å². The first kappa shape index (κ1) is 41.2. The highest BCUT2D eigenvalue weighted by atomic mass is 35.5. The molecule has 1 unspecified atom stereocenters. The number of methoxy groups -OCH3 is 1. The van der Waals surface area contributed by atoms with Crippen LogP contribution in [0.4, 0.5) is 27.6 Å². The van der Waals surface area contributed by atoms with Gasteiger partial charge in [-0.15, -0.1) is 5.10 Å². The van der Waals surface area contributed by atoms with E-state index in [9.17, 15) is 31.5 Å². The number of esters is 1. The van der Waals surface area contributed by atoms with Crippen LogP contribution in [0.25, 0.3) is 10.4 Å². The van der Waals surface area contributed by atoms with Crippen molar-refractivity contribution in [2.45, 2.75) is 19.2 Å². The highest BCUT2D eigenvalue weighted by molar-refractivity contribution is 6.31. The number of rotatable bonds is 18. The molecule has 22 heteroatoms. The van der Waals surface area contributed by atoms with E-state index >= 15 is 0 Å². The summed E-state index contributed by atoms with van der Waals surface area (Å²) in [7, 11) is 1.22. The zero-order valence-corrected chi connectivity index (χ0v) is 29.9. The number of benzene rings is 2. The Labute approximate surface area is 318 Å². The van der Waals surface area contributed by atoms with Crippen LogP contribution < -0.4 is 10.6 Å². The van der Waals surface area contributed by atoms with Crippen molar-refractivity contribution in [3.8, 4) is 0 Å². The standard InChI is InChI=1S/C34H30ClF5N10O6/c1-53-34(52)24-23(44-32(18-4-6-42-7-5-18)45-30(24)21-3-2-19(36)14-22(21)35)17-56-16-20-15-50(49-46-20)9-11-55-13-12-54-10-8-43-33(51)25-26(37)28(39)31(47-48-41)29(40)27(25)38/h2-7,14-15,30H,8-13,16-17H2,1H3,(H,43,51)(H,44,45). The van der Waals surface area contributed by atoms with Gasteiger partial charge in [0, 0.05) is 40.0 Å². The first-order chi connectivity index (χ1) is 27.0. The lowest BCUT2D eigenvalue weighted by atomic mass is 9.95. The maximum Gasteiger partial charge on any atom is 0.338 e. The highest BCUT2D eigenvalue weighted by Crippen LogP contribution is 2.36. The van der Waals surface area contributed by atoms with Gasteiger partial charge in [-0.1, -0.05) is 28.0 Å². The maximum atomic E-state index is 14.1. The van der Waals surface area contributed by atoms with E-state index in [2.05, 4.69) is 36.0 Å². The molecule has 4 aromatic rings. The van der Waals surface area contributed by atoms with E-state index in [0.717, 1.165) is 6.07 Å². The molecule has 3 heterocycles. The Morgan fingerprint density at radius 1 is 0.982 bits per heavy atom. The lowest BCUT2D eigenvalue weighted by Gasteiger charge is -2.28. The number of azide groups is 1. The fraction of sp³-hybridized carbons (Fsp3) is 0.294. The number of aromatic nitrogens is 4. The Morgan fingerprint density at radius 3 is 2.38 bits per heavy atom. The van der Waals surface area contributed by atoms with Crippen LogP contribution in [0.15, 0.2) is 70.3 Å². The van der Waals surface area contributed by atoms with Crippen LogP contribution in [0.5, 0.6) is 0 Å². The molecule has 1 amide bonds. The van der Waals surface area contributed by atoms with E-state index in [1.807, 2.05) is 0 Å². The molecule has 1 aliphatic heterocycles. The molecule has 0 fully saturated rings. The van der Waals surface area contributed by atoms with E-state index in [0.29, 0.717) is 34.9 Å². The number of amidine groups is 1. The number of hydrogen-bond donors (Lipinski definition) is 2. The third-order valence-corrected chi connectivity index (χ3v) is 8.13. The maximum absolute atomic E-state index is 14.1. The normalized spacial score (nSPS) is 13.8. The molecule has 0 bridgehead atoms. The second-order valence-electron chi connectivity index (χ2n) is 11.4. The fourth-order valence-corrected chi connectivity index (χ4v) is 5.46. The Balaban J connectivity index is 1.07. The van der Waals surface area contributed by atoms with E-state index < -0.39 is 58.3 Å². The topological polar surface area (TPSA) is 200 Å². The molecule has 2 aromatic carbocycles. The van der Waals surface area contributed by atoms with E-state index in [1.165, 1.54) is 23.9 Å². The SMILES string of the molecule is COC(=O)C1=C(COCc2cn(CCOCCOCCNC(=O)c3c(F)c(F)c(N=[N+]=[N-])c(F)c3F)nn2)NC(c2ccncc2)=NC1c1ccc(F)cc1Cl. The Hall–Kier alpha value is -5.99. The molecule has 0 radical (unpaired) electrons. The van der Waals surface area contributed by atoms with Crippen LogP contribution in [0.3, 0.4) is 0 Å². The summed E-state index contributed by atoms with van der Waals surface area (Å²) in [5.74, 6) is -10.3. The summed E-state index contributed by atoms with van der Waals surface area (Å²) in [6.45, 7) is 0.198. The summed E-state index contributed by atoms with van der Waals surface area (Å²) < 4.78 is 93.3. The van der Waals surface area contributed by atoms with E-state index in [-0.39, 0.29) is 56.8 Å². The molecule has 2 aromatic heterocycles. The number of pyridine rings is 1. The minimum atomic E-state index is -2.01. The zero-order chi connectivity index (χ0) is 40.2. The van der Waals surface area contributed by atoms with E-state index in [1.54, 1.807) is 30.7 Å². The highest BCUT2D eigenvalue weighted by Gasteiger charge is 2.34. The number of carbonyl (C=O) groups excluding carboxylic acids is 2. The van der Waals surface area contributed by atoms with Gasteiger partial charge >= 0.3 is 5.97 Å². The third-order valence-electron chi connectivity index (χ3n) is 7.81. The minimum absolute atomic E-state index is 0.00120. The Kier molecular flexibility index (Phi) is 14.4. The fourth-order valence-electron chi connectivity index (χ4n) is 5.19. The van der Waals surface area contributed by atoms with Crippen molar-refractivity contribution >= 4 is 35.0 Å². The summed E-state index contributed by atoms with van der Waals surface area (Å²) in [4.78, 5) is 36.0. The molecule has 0 aliphatic carbocycles. The molecule has 5 rings (SSSR count). The van der Waals surface area contributed by atoms with Gasteiger partial charge in [0.15, 0.2) is 23.3 Å². The van der Waals surface area contributed by atoms with Crippen LogP contribution in [-0.4, -0.2) is 84.4 Å². The molecule has 2 N–H and O–H groups in total. The summed E-state index contributed by atoms with van der Waals surface area (Å²) in [5.41, 5.74) is 7.22. The van der Waals surface area contributed by atoms with Crippen molar-refractivity contribution in [3.05, 3.63) is 127 Å². The monoisotopic (exact) mass is 804 g/mol. The number of ether oxygens (including phenoxy) is 4. The minimum Gasteiger partial charge on any atom is -0.466 e.